The zero-order valence-corrected chi connectivity index (χ0v) is 17.3. The predicted octanol–water partition coefficient (Wildman–Crippen LogP) is 4.58. The molecule has 0 saturated carbocycles. The van der Waals surface area contributed by atoms with Crippen molar-refractivity contribution in [3.8, 4) is 28.1 Å². The number of amides is 1. The molecule has 1 amide bonds. The Kier molecular flexibility index (Phi) is 5.15. The van der Waals surface area contributed by atoms with Gasteiger partial charge in [-0.25, -0.2) is 4.39 Å². The molecule has 2 aromatic heterocycles. The number of carbonyl (C=O) groups excluding carboxylic acids is 1. The molecule has 32 heavy (non-hydrogen) atoms. The van der Waals surface area contributed by atoms with Crippen molar-refractivity contribution in [3.05, 3.63) is 89.7 Å². The molecule has 1 aliphatic heterocycles. The lowest BCUT2D eigenvalue weighted by molar-refractivity contribution is 0.0932. The molecular formula is C25H20FN3O3. The first kappa shape index (κ1) is 19.9. The summed E-state index contributed by atoms with van der Waals surface area (Å²) in [6.45, 7) is 1.92. The molecule has 4 aromatic rings. The minimum atomic E-state index is -0.383. The lowest BCUT2D eigenvalue weighted by atomic mass is 10.0. The van der Waals surface area contributed by atoms with Crippen molar-refractivity contribution in [1.29, 1.82) is 0 Å². The molecule has 0 radical (unpaired) electrons. The second-order valence-corrected chi connectivity index (χ2v) is 7.62. The SMILES string of the molecule is Cc1onc(-c2ccccc2)c1C(=O)NCC1Cc2c(F)ccc(-c3ccncc3)c2O1. The fourth-order valence-electron chi connectivity index (χ4n) is 3.96. The molecule has 0 fully saturated rings. The summed E-state index contributed by atoms with van der Waals surface area (Å²) in [7, 11) is 0. The van der Waals surface area contributed by atoms with E-state index in [0.29, 0.717) is 34.8 Å². The van der Waals surface area contributed by atoms with Gasteiger partial charge in [0.25, 0.3) is 5.91 Å². The number of aryl methyl sites for hydroxylation is 1. The summed E-state index contributed by atoms with van der Waals surface area (Å²) in [5, 5.41) is 6.95. The minimum Gasteiger partial charge on any atom is -0.487 e. The number of hydrogen-bond acceptors (Lipinski definition) is 5. The van der Waals surface area contributed by atoms with Gasteiger partial charge in [-0.3, -0.25) is 9.78 Å². The monoisotopic (exact) mass is 429 g/mol. The van der Waals surface area contributed by atoms with Crippen LogP contribution in [0, 0.1) is 12.7 Å². The van der Waals surface area contributed by atoms with Crippen molar-refractivity contribution in [2.24, 2.45) is 0 Å². The van der Waals surface area contributed by atoms with Crippen molar-refractivity contribution in [2.45, 2.75) is 19.4 Å². The number of ether oxygens (including phenoxy) is 1. The summed E-state index contributed by atoms with van der Waals surface area (Å²) in [5.41, 5.74) is 3.89. The number of halogens is 1. The fraction of sp³-hybridized carbons (Fsp3) is 0.160. The number of nitrogens with zero attached hydrogens (tertiary/aromatic N) is 2. The van der Waals surface area contributed by atoms with Gasteiger partial charge in [0.05, 0.1) is 6.54 Å². The zero-order valence-electron chi connectivity index (χ0n) is 17.3. The molecule has 0 saturated heterocycles. The van der Waals surface area contributed by atoms with E-state index in [9.17, 15) is 9.18 Å². The van der Waals surface area contributed by atoms with Crippen LogP contribution in [0.3, 0.4) is 0 Å². The van der Waals surface area contributed by atoms with Gasteiger partial charge in [-0.1, -0.05) is 35.5 Å². The van der Waals surface area contributed by atoms with Crippen LogP contribution in [0.15, 0.2) is 71.5 Å². The number of rotatable bonds is 5. The average Bonchev–Trinajstić information content (AvgIpc) is 3.43. The number of fused-ring (bicyclic) bond motifs is 1. The normalized spacial score (nSPS) is 14.6. The van der Waals surface area contributed by atoms with Crippen molar-refractivity contribution >= 4 is 5.91 Å². The van der Waals surface area contributed by atoms with Gasteiger partial charge in [-0.05, 0) is 36.8 Å². The van der Waals surface area contributed by atoms with E-state index in [-0.39, 0.29) is 24.4 Å². The zero-order chi connectivity index (χ0) is 22.1. The molecule has 0 spiro atoms. The molecule has 0 bridgehead atoms. The van der Waals surface area contributed by atoms with Crippen LogP contribution in [0.1, 0.15) is 21.7 Å². The highest BCUT2D eigenvalue weighted by molar-refractivity contribution is 6.00. The second kappa shape index (κ2) is 8.26. The van der Waals surface area contributed by atoms with Gasteiger partial charge in [0.1, 0.15) is 34.7 Å². The Morgan fingerprint density at radius 2 is 1.88 bits per heavy atom. The topological polar surface area (TPSA) is 77.3 Å². The number of benzene rings is 2. The summed E-state index contributed by atoms with van der Waals surface area (Å²) in [6, 6.07) is 16.2. The number of carbonyl (C=O) groups is 1. The Hall–Kier alpha value is -4.00. The van der Waals surface area contributed by atoms with Gasteiger partial charge in [0, 0.05) is 35.5 Å². The van der Waals surface area contributed by atoms with E-state index in [1.807, 2.05) is 42.5 Å². The van der Waals surface area contributed by atoms with Crippen LogP contribution in [0.2, 0.25) is 0 Å². The van der Waals surface area contributed by atoms with Gasteiger partial charge in [0.15, 0.2) is 0 Å². The van der Waals surface area contributed by atoms with E-state index in [2.05, 4.69) is 15.5 Å². The van der Waals surface area contributed by atoms with Crippen molar-refractivity contribution < 1.29 is 18.4 Å². The van der Waals surface area contributed by atoms with E-state index in [1.165, 1.54) is 6.07 Å². The van der Waals surface area contributed by atoms with Crippen LogP contribution < -0.4 is 10.1 Å². The van der Waals surface area contributed by atoms with Crippen molar-refractivity contribution in [1.82, 2.24) is 15.5 Å². The van der Waals surface area contributed by atoms with Crippen LogP contribution in [0.4, 0.5) is 4.39 Å². The first-order chi connectivity index (χ1) is 15.6. The minimum absolute atomic E-state index is 0.224. The summed E-state index contributed by atoms with van der Waals surface area (Å²) < 4.78 is 25.8. The van der Waals surface area contributed by atoms with E-state index in [4.69, 9.17) is 9.26 Å². The standard InChI is InChI=1S/C25H20FN3O3/c1-15-22(23(29-32-15)17-5-3-2-4-6-17)25(30)28-14-18-13-20-21(26)8-7-19(24(20)31-18)16-9-11-27-12-10-16/h2-12,18H,13-14H2,1H3,(H,28,30). The molecule has 1 aliphatic rings. The van der Waals surface area contributed by atoms with Crippen LogP contribution in [-0.2, 0) is 6.42 Å². The Balaban J connectivity index is 1.33. The summed E-state index contributed by atoms with van der Waals surface area (Å²) in [6.07, 6.45) is 3.35. The highest BCUT2D eigenvalue weighted by Crippen LogP contribution is 2.40. The quantitative estimate of drug-likeness (QED) is 0.502. The number of hydrogen-bond donors (Lipinski definition) is 1. The maximum absolute atomic E-state index is 14.5. The summed E-state index contributed by atoms with van der Waals surface area (Å²) in [4.78, 5) is 17.0. The molecule has 0 aliphatic carbocycles. The molecule has 3 heterocycles. The van der Waals surface area contributed by atoms with E-state index in [0.717, 1.165) is 16.7 Å². The molecule has 2 aromatic carbocycles. The molecule has 1 atom stereocenters. The largest absolute Gasteiger partial charge is 0.487 e. The molecule has 1 unspecified atom stereocenters. The van der Waals surface area contributed by atoms with Gasteiger partial charge in [-0.15, -0.1) is 0 Å². The lowest BCUT2D eigenvalue weighted by Crippen LogP contribution is -2.34. The third-order valence-electron chi connectivity index (χ3n) is 5.54. The van der Waals surface area contributed by atoms with E-state index in [1.54, 1.807) is 25.4 Å². The molecule has 1 N–H and O–H groups in total. The molecule has 160 valence electrons. The number of pyridine rings is 1. The fourth-order valence-corrected chi connectivity index (χ4v) is 3.96. The predicted molar refractivity (Wildman–Crippen MR) is 117 cm³/mol. The Morgan fingerprint density at radius 3 is 2.66 bits per heavy atom. The average molecular weight is 429 g/mol. The molecule has 6 nitrogen and oxygen atoms in total. The summed E-state index contributed by atoms with van der Waals surface area (Å²) >= 11 is 0. The second-order valence-electron chi connectivity index (χ2n) is 7.62. The molecular weight excluding hydrogens is 409 g/mol. The Labute approximate surface area is 184 Å². The maximum atomic E-state index is 14.5. The smallest absolute Gasteiger partial charge is 0.257 e. The highest BCUT2D eigenvalue weighted by Gasteiger charge is 2.30. The Bertz CT molecular complexity index is 1270. The highest BCUT2D eigenvalue weighted by atomic mass is 19.1. The first-order valence-corrected chi connectivity index (χ1v) is 10.3. The van der Waals surface area contributed by atoms with Gasteiger partial charge >= 0.3 is 0 Å². The third kappa shape index (κ3) is 3.62. The number of aromatic nitrogens is 2. The van der Waals surface area contributed by atoms with Gasteiger partial charge in [-0.2, -0.15) is 0 Å². The van der Waals surface area contributed by atoms with Gasteiger partial charge in [0.2, 0.25) is 0 Å². The first-order valence-electron chi connectivity index (χ1n) is 10.3. The lowest BCUT2D eigenvalue weighted by Gasteiger charge is -2.14. The number of nitrogens with one attached hydrogen (secondary N) is 1. The maximum Gasteiger partial charge on any atom is 0.257 e. The van der Waals surface area contributed by atoms with Crippen LogP contribution in [0.25, 0.3) is 22.4 Å². The van der Waals surface area contributed by atoms with E-state index < -0.39 is 0 Å². The molecule has 7 heteroatoms. The van der Waals surface area contributed by atoms with Crippen molar-refractivity contribution in [3.63, 3.8) is 0 Å². The Morgan fingerprint density at radius 1 is 1.09 bits per heavy atom. The van der Waals surface area contributed by atoms with Crippen LogP contribution in [0.5, 0.6) is 5.75 Å². The van der Waals surface area contributed by atoms with Crippen LogP contribution in [-0.4, -0.2) is 28.7 Å². The van der Waals surface area contributed by atoms with Crippen molar-refractivity contribution in [2.75, 3.05) is 6.54 Å². The third-order valence-corrected chi connectivity index (χ3v) is 5.54. The van der Waals surface area contributed by atoms with Gasteiger partial charge < -0.3 is 14.6 Å². The summed E-state index contributed by atoms with van der Waals surface area (Å²) in [5.74, 6) is 0.328. The van der Waals surface area contributed by atoms with Crippen LogP contribution >= 0.6 is 0 Å². The van der Waals surface area contributed by atoms with E-state index >= 15 is 0 Å². The molecule has 5 rings (SSSR count).